The Morgan fingerprint density at radius 1 is 1.35 bits per heavy atom. The van der Waals surface area contributed by atoms with Crippen molar-refractivity contribution in [2.75, 3.05) is 4.72 Å². The average Bonchev–Trinajstić information content (AvgIpc) is 2.89. The zero-order valence-corrected chi connectivity index (χ0v) is 11.5. The predicted molar refractivity (Wildman–Crippen MR) is 73.2 cm³/mol. The largest absolute Gasteiger partial charge is 0.478 e. The summed E-state index contributed by atoms with van der Waals surface area (Å²) < 4.78 is 26.3. The number of hydrogen-bond donors (Lipinski definition) is 2. The van der Waals surface area contributed by atoms with E-state index in [4.69, 9.17) is 10.4 Å². The van der Waals surface area contributed by atoms with Crippen molar-refractivity contribution in [3.8, 4) is 6.07 Å². The summed E-state index contributed by atoms with van der Waals surface area (Å²) in [4.78, 5) is 10.7. The number of benzene rings is 1. The Hall–Kier alpha value is -2.37. The van der Waals surface area contributed by atoms with Gasteiger partial charge in [-0.1, -0.05) is 6.07 Å². The molecule has 1 aromatic heterocycles. The zero-order chi connectivity index (χ0) is 14.8. The van der Waals surface area contributed by atoms with Gasteiger partial charge in [-0.05, 0) is 24.3 Å². The highest BCUT2D eigenvalue weighted by molar-refractivity contribution is 7.94. The SMILES string of the molecule is N#Cc1cccc(NS(=O)(=O)c2cc(C(=O)O)cs2)c1. The smallest absolute Gasteiger partial charge is 0.336 e. The van der Waals surface area contributed by atoms with Gasteiger partial charge in [0, 0.05) is 5.38 Å². The molecule has 0 radical (unpaired) electrons. The maximum atomic E-state index is 12.1. The summed E-state index contributed by atoms with van der Waals surface area (Å²) >= 11 is 0.818. The highest BCUT2D eigenvalue weighted by atomic mass is 32.2. The molecule has 2 N–H and O–H groups in total. The second-order valence-corrected chi connectivity index (χ2v) is 6.58. The van der Waals surface area contributed by atoms with Crippen molar-refractivity contribution in [1.29, 1.82) is 5.26 Å². The molecule has 0 saturated carbocycles. The molecule has 0 spiro atoms. The van der Waals surface area contributed by atoms with Gasteiger partial charge in [-0.3, -0.25) is 4.72 Å². The molecule has 0 fully saturated rings. The van der Waals surface area contributed by atoms with Crippen molar-refractivity contribution in [3.05, 3.63) is 46.8 Å². The number of aromatic carboxylic acids is 1. The first kappa shape index (κ1) is 14.0. The Kier molecular flexibility index (Phi) is 3.74. The lowest BCUT2D eigenvalue weighted by Gasteiger charge is -2.05. The first-order valence-corrected chi connectivity index (χ1v) is 7.63. The van der Waals surface area contributed by atoms with Crippen LogP contribution in [-0.4, -0.2) is 19.5 Å². The number of rotatable bonds is 4. The molecule has 1 heterocycles. The van der Waals surface area contributed by atoms with E-state index in [2.05, 4.69) is 4.72 Å². The van der Waals surface area contributed by atoms with E-state index in [9.17, 15) is 13.2 Å². The second kappa shape index (κ2) is 5.32. The van der Waals surface area contributed by atoms with E-state index >= 15 is 0 Å². The molecule has 6 nitrogen and oxygen atoms in total. The van der Waals surface area contributed by atoms with Crippen LogP contribution >= 0.6 is 11.3 Å². The zero-order valence-electron chi connectivity index (χ0n) is 9.90. The molecule has 0 atom stereocenters. The van der Waals surface area contributed by atoms with E-state index in [1.54, 1.807) is 12.1 Å². The number of thiophene rings is 1. The molecular formula is C12H8N2O4S2. The van der Waals surface area contributed by atoms with Gasteiger partial charge >= 0.3 is 5.97 Å². The van der Waals surface area contributed by atoms with Crippen LogP contribution in [0.5, 0.6) is 0 Å². The third kappa shape index (κ3) is 2.96. The number of sulfonamides is 1. The lowest BCUT2D eigenvalue weighted by Crippen LogP contribution is -2.11. The normalized spacial score (nSPS) is 10.8. The first-order chi connectivity index (χ1) is 9.42. The molecule has 8 heteroatoms. The molecule has 0 amide bonds. The lowest BCUT2D eigenvalue weighted by molar-refractivity contribution is 0.0697. The van der Waals surface area contributed by atoms with Gasteiger partial charge in [0.05, 0.1) is 22.9 Å². The number of carboxylic acid groups (broad SMARTS) is 1. The fraction of sp³-hybridized carbons (Fsp3) is 0. The molecule has 0 saturated heterocycles. The van der Waals surface area contributed by atoms with Gasteiger partial charge < -0.3 is 5.11 Å². The highest BCUT2D eigenvalue weighted by Crippen LogP contribution is 2.23. The number of anilines is 1. The Labute approximate surface area is 119 Å². The number of nitrogens with zero attached hydrogens (tertiary/aromatic N) is 1. The van der Waals surface area contributed by atoms with E-state index < -0.39 is 16.0 Å². The maximum absolute atomic E-state index is 12.1. The topological polar surface area (TPSA) is 107 Å². The van der Waals surface area contributed by atoms with Crippen molar-refractivity contribution >= 4 is 33.0 Å². The van der Waals surface area contributed by atoms with Crippen LogP contribution in [0.15, 0.2) is 39.9 Å². The van der Waals surface area contributed by atoms with E-state index in [1.807, 2.05) is 6.07 Å². The van der Waals surface area contributed by atoms with Gasteiger partial charge in [-0.15, -0.1) is 11.3 Å². The fourth-order valence-corrected chi connectivity index (χ4v) is 3.63. The molecular weight excluding hydrogens is 300 g/mol. The van der Waals surface area contributed by atoms with Crippen molar-refractivity contribution in [3.63, 3.8) is 0 Å². The van der Waals surface area contributed by atoms with Crippen LogP contribution in [0.4, 0.5) is 5.69 Å². The summed E-state index contributed by atoms with van der Waals surface area (Å²) in [6.07, 6.45) is 0. The Morgan fingerprint density at radius 3 is 2.70 bits per heavy atom. The van der Waals surface area contributed by atoms with Crippen molar-refractivity contribution in [2.45, 2.75) is 4.21 Å². The molecule has 0 unspecified atom stereocenters. The minimum absolute atomic E-state index is 0.0823. The van der Waals surface area contributed by atoms with Gasteiger partial charge in [0.2, 0.25) is 0 Å². The van der Waals surface area contributed by atoms with E-state index in [1.165, 1.54) is 17.5 Å². The number of nitriles is 1. The van der Waals surface area contributed by atoms with Gasteiger partial charge in [-0.2, -0.15) is 5.26 Å². The Balaban J connectivity index is 2.30. The van der Waals surface area contributed by atoms with E-state index in [-0.39, 0.29) is 15.5 Å². The number of hydrogen-bond acceptors (Lipinski definition) is 5. The Bertz CT molecular complexity index is 803. The molecule has 0 aliphatic rings. The summed E-state index contributed by atoms with van der Waals surface area (Å²) in [6, 6.07) is 8.98. The van der Waals surface area contributed by atoms with Crippen molar-refractivity contribution < 1.29 is 18.3 Å². The van der Waals surface area contributed by atoms with E-state index in [0.717, 1.165) is 17.4 Å². The molecule has 0 aliphatic carbocycles. The molecule has 102 valence electrons. The Morgan fingerprint density at radius 2 is 2.10 bits per heavy atom. The number of carbonyl (C=O) groups is 1. The van der Waals surface area contributed by atoms with Gasteiger partial charge in [0.15, 0.2) is 0 Å². The summed E-state index contributed by atoms with van der Waals surface area (Å²) in [7, 11) is -3.86. The van der Waals surface area contributed by atoms with Crippen LogP contribution in [0.2, 0.25) is 0 Å². The van der Waals surface area contributed by atoms with Crippen LogP contribution < -0.4 is 4.72 Å². The van der Waals surface area contributed by atoms with Crippen LogP contribution in [0.1, 0.15) is 15.9 Å². The number of carboxylic acids is 1. The quantitative estimate of drug-likeness (QED) is 0.899. The van der Waals surface area contributed by atoms with Crippen LogP contribution in [-0.2, 0) is 10.0 Å². The molecule has 2 aromatic rings. The monoisotopic (exact) mass is 308 g/mol. The van der Waals surface area contributed by atoms with Crippen LogP contribution in [0.25, 0.3) is 0 Å². The van der Waals surface area contributed by atoms with Crippen LogP contribution in [0, 0.1) is 11.3 Å². The van der Waals surface area contributed by atoms with E-state index in [0.29, 0.717) is 5.56 Å². The predicted octanol–water partition coefficient (Wildman–Crippen LogP) is 2.12. The third-order valence-corrected chi connectivity index (χ3v) is 5.15. The molecule has 2 rings (SSSR count). The molecule has 0 aliphatic heterocycles. The maximum Gasteiger partial charge on any atom is 0.336 e. The minimum Gasteiger partial charge on any atom is -0.478 e. The first-order valence-electron chi connectivity index (χ1n) is 5.27. The summed E-state index contributed by atoms with van der Waals surface area (Å²) in [6.45, 7) is 0. The van der Waals surface area contributed by atoms with Crippen molar-refractivity contribution in [1.82, 2.24) is 0 Å². The van der Waals surface area contributed by atoms with Crippen molar-refractivity contribution in [2.24, 2.45) is 0 Å². The third-order valence-electron chi connectivity index (χ3n) is 2.33. The fourth-order valence-electron chi connectivity index (χ4n) is 1.43. The number of nitrogens with one attached hydrogen (secondary N) is 1. The summed E-state index contributed by atoms with van der Waals surface area (Å²) in [5, 5.41) is 18.8. The molecule has 20 heavy (non-hydrogen) atoms. The summed E-state index contributed by atoms with van der Waals surface area (Å²) in [5.41, 5.74) is 0.484. The second-order valence-electron chi connectivity index (χ2n) is 3.76. The standard InChI is InChI=1S/C12H8N2O4S2/c13-6-8-2-1-3-10(4-8)14-20(17,18)11-5-9(7-19-11)12(15)16/h1-5,7,14H,(H,15,16). The van der Waals surface area contributed by atoms with Gasteiger partial charge in [0.25, 0.3) is 10.0 Å². The van der Waals surface area contributed by atoms with Gasteiger partial charge in [-0.25, -0.2) is 13.2 Å². The summed E-state index contributed by atoms with van der Waals surface area (Å²) in [5.74, 6) is -1.19. The lowest BCUT2D eigenvalue weighted by atomic mass is 10.2. The average molecular weight is 308 g/mol. The van der Waals surface area contributed by atoms with Gasteiger partial charge in [0.1, 0.15) is 4.21 Å². The van der Waals surface area contributed by atoms with Crippen LogP contribution in [0.3, 0.4) is 0 Å². The highest BCUT2D eigenvalue weighted by Gasteiger charge is 2.19. The molecule has 0 bridgehead atoms. The minimum atomic E-state index is -3.86. The molecule has 1 aromatic carbocycles.